The Bertz CT molecular complexity index is 931. The van der Waals surface area contributed by atoms with Gasteiger partial charge in [0.15, 0.2) is 6.61 Å². The van der Waals surface area contributed by atoms with E-state index in [1.165, 1.54) is 4.90 Å². The van der Waals surface area contributed by atoms with Crippen LogP contribution >= 0.6 is 27.7 Å². The van der Waals surface area contributed by atoms with E-state index in [1.54, 1.807) is 24.3 Å². The lowest BCUT2D eigenvalue weighted by atomic mass is 10.2. The Balaban J connectivity index is 1.75. The number of amides is 3. The van der Waals surface area contributed by atoms with E-state index in [4.69, 9.17) is 10.5 Å². The molecule has 0 unspecified atom stereocenters. The van der Waals surface area contributed by atoms with Crippen LogP contribution in [0.1, 0.15) is 11.1 Å². The molecule has 1 fully saturated rings. The first-order chi connectivity index (χ1) is 12.9. The summed E-state index contributed by atoms with van der Waals surface area (Å²) in [5.74, 6) is -0.430. The third kappa shape index (κ3) is 4.78. The van der Waals surface area contributed by atoms with Gasteiger partial charge in [-0.05, 0) is 57.0 Å². The lowest BCUT2D eigenvalue weighted by Crippen LogP contribution is -2.27. The molecule has 138 valence electrons. The third-order valence-corrected chi connectivity index (χ3v) is 5.21. The Morgan fingerprint density at radius 1 is 1.19 bits per heavy atom. The van der Waals surface area contributed by atoms with Crippen molar-refractivity contribution in [3.63, 3.8) is 0 Å². The van der Waals surface area contributed by atoms with Crippen molar-refractivity contribution >= 4 is 50.8 Å². The molecule has 1 heterocycles. The minimum absolute atomic E-state index is 0.226. The molecule has 1 aliphatic heterocycles. The fourth-order valence-electron chi connectivity index (χ4n) is 2.43. The summed E-state index contributed by atoms with van der Waals surface area (Å²) in [6.45, 7) is 0.0166. The van der Waals surface area contributed by atoms with E-state index in [0.29, 0.717) is 15.1 Å². The van der Waals surface area contributed by atoms with Gasteiger partial charge in [0.2, 0.25) is 0 Å². The minimum atomic E-state index is -0.571. The van der Waals surface area contributed by atoms with E-state index in [-0.39, 0.29) is 24.3 Å². The highest BCUT2D eigenvalue weighted by molar-refractivity contribution is 9.10. The molecule has 0 aromatic heterocycles. The molecule has 2 aromatic rings. The lowest BCUT2D eigenvalue weighted by Gasteiger charge is -2.12. The number of nitrogens with two attached hydrogens (primary N) is 1. The molecular formula is C19H15BrN2O4S. The second kappa shape index (κ2) is 8.41. The number of carbonyl (C=O) groups excluding carboxylic acids is 3. The molecule has 0 spiro atoms. The summed E-state index contributed by atoms with van der Waals surface area (Å²) in [5, 5.41) is -0.296. The number of primary amides is 1. The monoisotopic (exact) mass is 446 g/mol. The second-order valence-electron chi connectivity index (χ2n) is 5.70. The SMILES string of the molecule is NC(=O)COc1ccc(/C=C2\SC(=O)N(Cc3ccccc3)C2=O)cc1Br. The Hall–Kier alpha value is -2.58. The van der Waals surface area contributed by atoms with Crippen LogP contribution in [0, 0.1) is 0 Å². The predicted octanol–water partition coefficient (Wildman–Crippen LogP) is 3.55. The maximum Gasteiger partial charge on any atom is 0.293 e. The number of halogens is 1. The summed E-state index contributed by atoms with van der Waals surface area (Å²) in [6, 6.07) is 14.5. The molecule has 6 nitrogen and oxygen atoms in total. The molecule has 2 N–H and O–H groups in total. The van der Waals surface area contributed by atoms with Gasteiger partial charge in [-0.3, -0.25) is 19.3 Å². The highest BCUT2D eigenvalue weighted by Gasteiger charge is 2.34. The second-order valence-corrected chi connectivity index (χ2v) is 7.55. The van der Waals surface area contributed by atoms with E-state index < -0.39 is 5.91 Å². The first-order valence-corrected chi connectivity index (χ1v) is 9.55. The zero-order valence-electron chi connectivity index (χ0n) is 14.1. The molecule has 3 amide bonds. The van der Waals surface area contributed by atoms with Gasteiger partial charge in [0.05, 0.1) is 15.9 Å². The Morgan fingerprint density at radius 2 is 1.93 bits per heavy atom. The first kappa shape index (κ1) is 19.2. The summed E-state index contributed by atoms with van der Waals surface area (Å²) in [5.41, 5.74) is 6.67. The van der Waals surface area contributed by atoms with Gasteiger partial charge in [-0.1, -0.05) is 36.4 Å². The quantitative estimate of drug-likeness (QED) is 0.685. The molecular weight excluding hydrogens is 432 g/mol. The van der Waals surface area contributed by atoms with Crippen molar-refractivity contribution in [1.29, 1.82) is 0 Å². The number of nitrogens with zero attached hydrogens (tertiary/aromatic N) is 1. The smallest absolute Gasteiger partial charge is 0.293 e. The van der Waals surface area contributed by atoms with Gasteiger partial charge in [0.1, 0.15) is 5.75 Å². The van der Waals surface area contributed by atoms with Crippen LogP contribution in [-0.4, -0.2) is 28.6 Å². The average Bonchev–Trinajstić information content (AvgIpc) is 2.89. The molecule has 0 aliphatic carbocycles. The van der Waals surface area contributed by atoms with Crippen LogP contribution in [0.4, 0.5) is 4.79 Å². The number of ether oxygens (including phenoxy) is 1. The lowest BCUT2D eigenvalue weighted by molar-refractivity contribution is -0.123. The Kier molecular flexibility index (Phi) is 5.98. The summed E-state index contributed by atoms with van der Waals surface area (Å²) in [6.07, 6.45) is 1.65. The van der Waals surface area contributed by atoms with Crippen LogP contribution < -0.4 is 10.5 Å². The van der Waals surface area contributed by atoms with Crippen LogP contribution in [-0.2, 0) is 16.1 Å². The number of hydrogen-bond donors (Lipinski definition) is 1. The number of carbonyl (C=O) groups is 3. The van der Waals surface area contributed by atoms with E-state index in [0.717, 1.165) is 22.9 Å². The molecule has 0 bridgehead atoms. The molecule has 8 heteroatoms. The predicted molar refractivity (Wildman–Crippen MR) is 107 cm³/mol. The van der Waals surface area contributed by atoms with E-state index in [1.807, 2.05) is 30.3 Å². The zero-order chi connectivity index (χ0) is 19.4. The van der Waals surface area contributed by atoms with Crippen LogP contribution in [0.2, 0.25) is 0 Å². The number of benzene rings is 2. The van der Waals surface area contributed by atoms with Crippen molar-refractivity contribution in [1.82, 2.24) is 4.90 Å². The molecule has 0 radical (unpaired) electrons. The van der Waals surface area contributed by atoms with Crippen molar-refractivity contribution in [2.75, 3.05) is 6.61 Å². The van der Waals surface area contributed by atoms with Crippen molar-refractivity contribution in [3.8, 4) is 5.75 Å². The molecule has 2 aromatic carbocycles. The van der Waals surface area contributed by atoms with Gasteiger partial charge in [-0.15, -0.1) is 0 Å². The number of rotatable bonds is 6. The van der Waals surface area contributed by atoms with E-state index in [9.17, 15) is 14.4 Å². The zero-order valence-corrected chi connectivity index (χ0v) is 16.5. The Morgan fingerprint density at radius 3 is 2.59 bits per heavy atom. The van der Waals surface area contributed by atoms with Crippen molar-refractivity contribution in [2.45, 2.75) is 6.54 Å². The fraction of sp³-hybridized carbons (Fsp3) is 0.105. The van der Waals surface area contributed by atoms with Crippen LogP contribution in [0.15, 0.2) is 57.9 Å². The molecule has 1 saturated heterocycles. The number of imide groups is 1. The molecule has 3 rings (SSSR count). The molecule has 1 aliphatic rings. The van der Waals surface area contributed by atoms with Crippen LogP contribution in [0.3, 0.4) is 0 Å². The standard InChI is InChI=1S/C19H15BrN2O4S/c20-14-8-13(6-7-15(14)26-11-17(21)23)9-16-18(24)22(19(25)27-16)10-12-4-2-1-3-5-12/h1-9H,10-11H2,(H2,21,23)/b16-9-. The third-order valence-electron chi connectivity index (χ3n) is 3.68. The summed E-state index contributed by atoms with van der Waals surface area (Å²) in [7, 11) is 0. The fourth-order valence-corrected chi connectivity index (χ4v) is 3.78. The maximum absolute atomic E-state index is 12.6. The van der Waals surface area contributed by atoms with Crippen molar-refractivity contribution in [3.05, 3.63) is 69.0 Å². The average molecular weight is 447 g/mol. The van der Waals surface area contributed by atoms with Crippen LogP contribution in [0.5, 0.6) is 5.75 Å². The van der Waals surface area contributed by atoms with E-state index in [2.05, 4.69) is 15.9 Å². The summed E-state index contributed by atoms with van der Waals surface area (Å²) >= 11 is 4.27. The summed E-state index contributed by atoms with van der Waals surface area (Å²) < 4.78 is 5.88. The van der Waals surface area contributed by atoms with Crippen molar-refractivity contribution in [2.24, 2.45) is 5.73 Å². The van der Waals surface area contributed by atoms with Crippen molar-refractivity contribution < 1.29 is 19.1 Å². The van der Waals surface area contributed by atoms with Crippen LogP contribution in [0.25, 0.3) is 6.08 Å². The number of hydrogen-bond acceptors (Lipinski definition) is 5. The summed E-state index contributed by atoms with van der Waals surface area (Å²) in [4.78, 5) is 37.2. The number of thioether (sulfide) groups is 1. The minimum Gasteiger partial charge on any atom is -0.483 e. The van der Waals surface area contributed by atoms with E-state index >= 15 is 0 Å². The molecule has 27 heavy (non-hydrogen) atoms. The maximum atomic E-state index is 12.6. The van der Waals surface area contributed by atoms with Gasteiger partial charge in [-0.2, -0.15) is 0 Å². The highest BCUT2D eigenvalue weighted by atomic mass is 79.9. The van der Waals surface area contributed by atoms with Gasteiger partial charge in [0, 0.05) is 0 Å². The van der Waals surface area contributed by atoms with Gasteiger partial charge < -0.3 is 10.5 Å². The first-order valence-electron chi connectivity index (χ1n) is 7.94. The highest BCUT2D eigenvalue weighted by Crippen LogP contribution is 2.34. The molecule has 0 atom stereocenters. The Labute approximate surface area is 168 Å². The largest absolute Gasteiger partial charge is 0.483 e. The molecule has 0 saturated carbocycles. The van der Waals surface area contributed by atoms with Gasteiger partial charge in [-0.25, -0.2) is 0 Å². The topological polar surface area (TPSA) is 89.7 Å². The van der Waals surface area contributed by atoms with Gasteiger partial charge >= 0.3 is 0 Å². The normalized spacial score (nSPS) is 15.4. The van der Waals surface area contributed by atoms with Gasteiger partial charge in [0.25, 0.3) is 17.1 Å².